The van der Waals surface area contributed by atoms with Crippen LogP contribution in [0.5, 0.6) is 0 Å². The van der Waals surface area contributed by atoms with Crippen LogP contribution >= 0.6 is 27.3 Å². The molecule has 1 aliphatic carbocycles. The molecular weight excluding hydrogens is 320 g/mol. The second-order valence-electron chi connectivity index (χ2n) is 5.16. The summed E-state index contributed by atoms with van der Waals surface area (Å²) in [5, 5.41) is 4.39. The van der Waals surface area contributed by atoms with E-state index in [9.17, 15) is 0 Å². The standard InChI is InChI=1S/C15H17BrN2S/c16-13-5-12(6-14(17)7-13)9-18(15-1-2-15)8-11-3-4-19-10-11/h3-7,10,15H,1-2,8-9,17H2. The van der Waals surface area contributed by atoms with Gasteiger partial charge in [0.1, 0.15) is 0 Å². The molecule has 0 amide bonds. The van der Waals surface area contributed by atoms with Crippen molar-refractivity contribution in [3.8, 4) is 0 Å². The number of nitrogen functional groups attached to an aromatic ring is 1. The van der Waals surface area contributed by atoms with Gasteiger partial charge in [0.15, 0.2) is 0 Å². The Balaban J connectivity index is 1.74. The molecule has 0 radical (unpaired) electrons. The van der Waals surface area contributed by atoms with Gasteiger partial charge in [-0.1, -0.05) is 15.9 Å². The minimum absolute atomic E-state index is 0.750. The van der Waals surface area contributed by atoms with Crippen molar-refractivity contribution in [2.75, 3.05) is 5.73 Å². The average molecular weight is 337 g/mol. The third-order valence-corrected chi connectivity index (χ3v) is 4.58. The number of nitrogens with two attached hydrogens (primary N) is 1. The van der Waals surface area contributed by atoms with Crippen molar-refractivity contribution in [1.82, 2.24) is 4.90 Å². The van der Waals surface area contributed by atoms with Crippen LogP contribution < -0.4 is 5.73 Å². The lowest BCUT2D eigenvalue weighted by atomic mass is 10.1. The van der Waals surface area contributed by atoms with Gasteiger partial charge in [-0.15, -0.1) is 0 Å². The first-order valence-electron chi connectivity index (χ1n) is 6.51. The smallest absolute Gasteiger partial charge is 0.0328 e. The fourth-order valence-electron chi connectivity index (χ4n) is 2.37. The first kappa shape index (κ1) is 13.2. The summed E-state index contributed by atoms with van der Waals surface area (Å²) < 4.78 is 1.06. The van der Waals surface area contributed by atoms with E-state index in [-0.39, 0.29) is 0 Å². The summed E-state index contributed by atoms with van der Waals surface area (Å²) in [6.07, 6.45) is 2.65. The van der Waals surface area contributed by atoms with Gasteiger partial charge in [-0.25, -0.2) is 0 Å². The molecule has 3 rings (SSSR count). The molecule has 0 unspecified atom stereocenters. The first-order chi connectivity index (χ1) is 9.20. The molecular formula is C15H17BrN2S. The van der Waals surface area contributed by atoms with Crippen LogP contribution in [0.3, 0.4) is 0 Å². The topological polar surface area (TPSA) is 29.3 Å². The van der Waals surface area contributed by atoms with Crippen molar-refractivity contribution < 1.29 is 0 Å². The zero-order valence-corrected chi connectivity index (χ0v) is 13.1. The number of hydrogen-bond acceptors (Lipinski definition) is 3. The van der Waals surface area contributed by atoms with Crippen LogP contribution in [0, 0.1) is 0 Å². The molecule has 2 aromatic rings. The van der Waals surface area contributed by atoms with Crippen LogP contribution in [-0.2, 0) is 13.1 Å². The highest BCUT2D eigenvalue weighted by Gasteiger charge is 2.29. The van der Waals surface area contributed by atoms with Gasteiger partial charge in [-0.2, -0.15) is 11.3 Å². The number of benzene rings is 1. The van der Waals surface area contributed by atoms with Gasteiger partial charge in [-0.3, -0.25) is 4.90 Å². The molecule has 1 aromatic carbocycles. The molecule has 4 heteroatoms. The highest BCUT2D eigenvalue weighted by atomic mass is 79.9. The Hall–Kier alpha value is -0.840. The molecule has 1 aliphatic rings. The number of thiophene rings is 1. The first-order valence-corrected chi connectivity index (χ1v) is 8.24. The van der Waals surface area contributed by atoms with E-state index in [2.05, 4.69) is 49.8 Å². The summed E-state index contributed by atoms with van der Waals surface area (Å²) in [7, 11) is 0. The van der Waals surface area contributed by atoms with E-state index in [1.165, 1.54) is 24.0 Å². The average Bonchev–Trinajstić information content (AvgIpc) is 3.06. The molecule has 0 aliphatic heterocycles. The molecule has 2 N–H and O–H groups in total. The van der Waals surface area contributed by atoms with E-state index in [1.807, 2.05) is 6.07 Å². The van der Waals surface area contributed by atoms with Crippen molar-refractivity contribution in [3.05, 3.63) is 50.6 Å². The molecule has 0 spiro atoms. The molecule has 1 saturated carbocycles. The fourth-order valence-corrected chi connectivity index (χ4v) is 3.59. The molecule has 0 atom stereocenters. The van der Waals surface area contributed by atoms with Crippen LogP contribution in [0.1, 0.15) is 24.0 Å². The fraction of sp³-hybridized carbons (Fsp3) is 0.333. The van der Waals surface area contributed by atoms with Gasteiger partial charge in [0, 0.05) is 29.3 Å². The van der Waals surface area contributed by atoms with E-state index < -0.39 is 0 Å². The lowest BCUT2D eigenvalue weighted by molar-refractivity contribution is 0.246. The maximum atomic E-state index is 5.92. The van der Waals surface area contributed by atoms with Crippen molar-refractivity contribution in [1.29, 1.82) is 0 Å². The minimum atomic E-state index is 0.750. The number of hydrogen-bond donors (Lipinski definition) is 1. The monoisotopic (exact) mass is 336 g/mol. The van der Waals surface area contributed by atoms with Crippen molar-refractivity contribution in [2.45, 2.75) is 32.0 Å². The second-order valence-corrected chi connectivity index (χ2v) is 6.86. The summed E-state index contributed by atoms with van der Waals surface area (Å²) in [6, 6.07) is 9.16. The van der Waals surface area contributed by atoms with Gasteiger partial charge in [0.05, 0.1) is 0 Å². The predicted octanol–water partition coefficient (Wildman–Crippen LogP) is 4.26. The Bertz CT molecular complexity index is 529. The van der Waals surface area contributed by atoms with Crippen LogP contribution in [-0.4, -0.2) is 10.9 Å². The number of nitrogens with zero attached hydrogens (tertiary/aromatic N) is 1. The van der Waals surface area contributed by atoms with E-state index in [1.54, 1.807) is 11.3 Å². The maximum Gasteiger partial charge on any atom is 0.0328 e. The highest BCUT2D eigenvalue weighted by Crippen LogP contribution is 2.31. The van der Waals surface area contributed by atoms with Crippen molar-refractivity contribution in [2.24, 2.45) is 0 Å². The number of halogens is 1. The van der Waals surface area contributed by atoms with Gasteiger partial charge >= 0.3 is 0 Å². The summed E-state index contributed by atoms with van der Waals surface area (Å²) in [5.41, 5.74) is 9.45. The largest absolute Gasteiger partial charge is 0.399 e. The Labute approximate surface area is 126 Å². The van der Waals surface area contributed by atoms with Crippen LogP contribution in [0.15, 0.2) is 39.5 Å². The molecule has 1 fully saturated rings. The van der Waals surface area contributed by atoms with Gasteiger partial charge in [-0.05, 0) is 59.0 Å². The van der Waals surface area contributed by atoms with Crippen LogP contribution in [0.2, 0.25) is 0 Å². The normalized spacial score (nSPS) is 15.1. The summed E-state index contributed by atoms with van der Waals surface area (Å²) >= 11 is 5.29. The predicted molar refractivity (Wildman–Crippen MR) is 85.1 cm³/mol. The summed E-state index contributed by atoms with van der Waals surface area (Å²) in [6.45, 7) is 2.02. The Kier molecular flexibility index (Phi) is 3.91. The maximum absolute atomic E-state index is 5.92. The molecule has 0 bridgehead atoms. The van der Waals surface area contributed by atoms with E-state index >= 15 is 0 Å². The van der Waals surface area contributed by atoms with Gasteiger partial charge < -0.3 is 5.73 Å². The number of anilines is 1. The molecule has 2 nitrogen and oxygen atoms in total. The lowest BCUT2D eigenvalue weighted by Crippen LogP contribution is -2.24. The van der Waals surface area contributed by atoms with E-state index in [0.717, 1.165) is 29.3 Å². The SMILES string of the molecule is Nc1cc(Br)cc(CN(Cc2ccsc2)C2CC2)c1. The summed E-state index contributed by atoms with van der Waals surface area (Å²) in [5.74, 6) is 0. The number of rotatable bonds is 5. The summed E-state index contributed by atoms with van der Waals surface area (Å²) in [4.78, 5) is 2.56. The van der Waals surface area contributed by atoms with Crippen LogP contribution in [0.4, 0.5) is 5.69 Å². The van der Waals surface area contributed by atoms with Crippen LogP contribution in [0.25, 0.3) is 0 Å². The molecule has 19 heavy (non-hydrogen) atoms. The molecule has 100 valence electrons. The Morgan fingerprint density at radius 1 is 1.21 bits per heavy atom. The van der Waals surface area contributed by atoms with E-state index in [4.69, 9.17) is 5.73 Å². The highest BCUT2D eigenvalue weighted by molar-refractivity contribution is 9.10. The minimum Gasteiger partial charge on any atom is -0.399 e. The Morgan fingerprint density at radius 2 is 2.00 bits per heavy atom. The van der Waals surface area contributed by atoms with E-state index in [0.29, 0.717) is 0 Å². The Morgan fingerprint density at radius 3 is 2.63 bits per heavy atom. The third-order valence-electron chi connectivity index (χ3n) is 3.39. The quantitative estimate of drug-likeness (QED) is 0.826. The molecule has 1 aromatic heterocycles. The molecule has 1 heterocycles. The van der Waals surface area contributed by atoms with Crippen molar-refractivity contribution >= 4 is 33.0 Å². The zero-order valence-electron chi connectivity index (χ0n) is 10.7. The zero-order chi connectivity index (χ0) is 13.2. The van der Waals surface area contributed by atoms with Crippen molar-refractivity contribution in [3.63, 3.8) is 0 Å². The third kappa shape index (κ3) is 3.59. The van der Waals surface area contributed by atoms with Gasteiger partial charge in [0.25, 0.3) is 0 Å². The molecule has 0 saturated heterocycles. The van der Waals surface area contributed by atoms with Gasteiger partial charge in [0.2, 0.25) is 0 Å². The lowest BCUT2D eigenvalue weighted by Gasteiger charge is -2.22. The second kappa shape index (κ2) is 5.65.